The topological polar surface area (TPSA) is 54.5 Å². The summed E-state index contributed by atoms with van der Waals surface area (Å²) in [6.45, 7) is 2.15. The third-order valence-electron chi connectivity index (χ3n) is 3.75. The third kappa shape index (κ3) is 3.84. The minimum Gasteiger partial charge on any atom is -0.490 e. The number of rotatable bonds is 4. The summed E-state index contributed by atoms with van der Waals surface area (Å²) in [6, 6.07) is 7.51. The number of hydrogen-bond donors (Lipinski definition) is 1. The van der Waals surface area contributed by atoms with Crippen molar-refractivity contribution < 1.29 is 9.53 Å². The lowest BCUT2D eigenvalue weighted by molar-refractivity contribution is 0.102. The lowest BCUT2D eigenvalue weighted by atomic mass is 10.1. The predicted molar refractivity (Wildman–Crippen MR) is 87.7 cm³/mol. The van der Waals surface area contributed by atoms with E-state index < -0.39 is 0 Å². The van der Waals surface area contributed by atoms with Crippen molar-refractivity contribution in [2.24, 2.45) is 0 Å². The van der Waals surface area contributed by atoms with E-state index in [4.69, 9.17) is 4.74 Å². The second kappa shape index (κ2) is 6.89. The highest BCUT2D eigenvalue weighted by Crippen LogP contribution is 2.21. The molecule has 116 valence electrons. The minimum atomic E-state index is -0.190. The maximum absolute atomic E-state index is 11.9. The van der Waals surface area contributed by atoms with E-state index in [1.54, 1.807) is 10.9 Å². The van der Waals surface area contributed by atoms with Crippen LogP contribution in [-0.4, -0.2) is 42.0 Å². The molecule has 0 radical (unpaired) electrons. The Morgan fingerprint density at radius 1 is 1.32 bits per heavy atom. The molecule has 5 nitrogen and oxygen atoms in total. The zero-order chi connectivity index (χ0) is 15.4. The zero-order valence-electron chi connectivity index (χ0n) is 12.5. The number of carbonyl (C=O) groups excluding carboxylic acids is 1. The molecule has 2 aromatic rings. The van der Waals surface area contributed by atoms with Gasteiger partial charge in [-0.2, -0.15) is 0 Å². The van der Waals surface area contributed by atoms with Crippen LogP contribution < -0.4 is 10.1 Å². The molecule has 0 saturated carbocycles. The molecule has 0 spiro atoms. The molecular weight excluding hydrogens is 298 g/mol. The molecule has 0 aliphatic carbocycles. The van der Waals surface area contributed by atoms with Crippen molar-refractivity contribution in [3.63, 3.8) is 0 Å². The number of likely N-dealkylation sites (tertiary alicyclic amines) is 1. The summed E-state index contributed by atoms with van der Waals surface area (Å²) < 4.78 is 5.99. The summed E-state index contributed by atoms with van der Waals surface area (Å²) >= 11 is 1.41. The zero-order valence-corrected chi connectivity index (χ0v) is 13.3. The van der Waals surface area contributed by atoms with Crippen LogP contribution in [0.15, 0.2) is 35.2 Å². The molecule has 1 aromatic carbocycles. The van der Waals surface area contributed by atoms with Crippen LogP contribution in [0.4, 0.5) is 5.69 Å². The number of amides is 1. The monoisotopic (exact) mass is 317 g/mol. The van der Waals surface area contributed by atoms with Crippen molar-refractivity contribution in [2.45, 2.75) is 18.9 Å². The first-order chi connectivity index (χ1) is 10.7. The van der Waals surface area contributed by atoms with Crippen LogP contribution in [0, 0.1) is 0 Å². The third-order valence-corrected chi connectivity index (χ3v) is 4.33. The fourth-order valence-electron chi connectivity index (χ4n) is 2.43. The van der Waals surface area contributed by atoms with E-state index in [0.717, 1.165) is 37.4 Å². The van der Waals surface area contributed by atoms with Gasteiger partial charge in [-0.05, 0) is 44.2 Å². The lowest BCUT2D eigenvalue weighted by Crippen LogP contribution is -2.35. The van der Waals surface area contributed by atoms with Gasteiger partial charge in [-0.3, -0.25) is 4.79 Å². The van der Waals surface area contributed by atoms with Crippen molar-refractivity contribution in [1.29, 1.82) is 0 Å². The highest BCUT2D eigenvalue weighted by atomic mass is 32.1. The number of benzene rings is 1. The van der Waals surface area contributed by atoms with Crippen molar-refractivity contribution in [3.8, 4) is 5.75 Å². The van der Waals surface area contributed by atoms with Gasteiger partial charge in [-0.1, -0.05) is 0 Å². The standard InChI is InChI=1S/C16H19N3O2S/c1-19-8-6-14(7-9-19)21-13-4-2-12(3-5-13)18-16(20)15-10-22-11-17-15/h2-5,10-11,14H,6-9H2,1H3,(H,18,20). The van der Waals surface area contributed by atoms with E-state index in [2.05, 4.69) is 22.2 Å². The Balaban J connectivity index is 1.55. The quantitative estimate of drug-likeness (QED) is 0.942. The van der Waals surface area contributed by atoms with Gasteiger partial charge in [0, 0.05) is 24.2 Å². The fourth-order valence-corrected chi connectivity index (χ4v) is 2.96. The lowest BCUT2D eigenvalue weighted by Gasteiger charge is -2.29. The predicted octanol–water partition coefficient (Wildman–Crippen LogP) is 2.87. The molecule has 0 unspecified atom stereocenters. The molecular formula is C16H19N3O2S. The van der Waals surface area contributed by atoms with E-state index in [1.165, 1.54) is 11.3 Å². The number of aromatic nitrogens is 1. The molecule has 2 heterocycles. The molecule has 0 atom stereocenters. The number of nitrogens with zero attached hydrogens (tertiary/aromatic N) is 2. The number of nitrogens with one attached hydrogen (secondary N) is 1. The summed E-state index contributed by atoms with van der Waals surface area (Å²) in [5.41, 5.74) is 2.83. The molecule has 0 bridgehead atoms. The van der Waals surface area contributed by atoms with Crippen LogP contribution in [0.2, 0.25) is 0 Å². The van der Waals surface area contributed by atoms with Crippen LogP contribution in [0.25, 0.3) is 0 Å². The van der Waals surface area contributed by atoms with Crippen molar-refractivity contribution >= 4 is 22.9 Å². The van der Waals surface area contributed by atoms with Gasteiger partial charge in [0.25, 0.3) is 5.91 Å². The fraction of sp³-hybridized carbons (Fsp3) is 0.375. The first-order valence-corrected chi connectivity index (χ1v) is 8.30. The SMILES string of the molecule is CN1CCC(Oc2ccc(NC(=O)c3cscn3)cc2)CC1. The minimum absolute atomic E-state index is 0.190. The van der Waals surface area contributed by atoms with Crippen LogP contribution >= 0.6 is 11.3 Å². The van der Waals surface area contributed by atoms with E-state index in [1.807, 2.05) is 24.3 Å². The average Bonchev–Trinajstić information content (AvgIpc) is 3.06. The average molecular weight is 317 g/mol. The van der Waals surface area contributed by atoms with Crippen LogP contribution in [0.1, 0.15) is 23.3 Å². The van der Waals surface area contributed by atoms with Gasteiger partial charge >= 0.3 is 0 Å². The highest BCUT2D eigenvalue weighted by molar-refractivity contribution is 7.07. The van der Waals surface area contributed by atoms with Crippen LogP contribution in [0.5, 0.6) is 5.75 Å². The van der Waals surface area contributed by atoms with Crippen LogP contribution in [-0.2, 0) is 0 Å². The maximum Gasteiger partial charge on any atom is 0.275 e. The summed E-state index contributed by atoms with van der Waals surface area (Å²) in [5.74, 6) is 0.659. The molecule has 3 rings (SSSR count). The highest BCUT2D eigenvalue weighted by Gasteiger charge is 2.17. The second-order valence-electron chi connectivity index (χ2n) is 5.47. The molecule has 6 heteroatoms. The summed E-state index contributed by atoms with van der Waals surface area (Å²) in [7, 11) is 2.13. The van der Waals surface area contributed by atoms with Gasteiger partial charge in [0.05, 0.1) is 5.51 Å². The Morgan fingerprint density at radius 2 is 2.05 bits per heavy atom. The van der Waals surface area contributed by atoms with E-state index >= 15 is 0 Å². The normalized spacial score (nSPS) is 16.4. The number of thiazole rings is 1. The van der Waals surface area contributed by atoms with Crippen molar-refractivity contribution in [3.05, 3.63) is 40.8 Å². The summed E-state index contributed by atoms with van der Waals surface area (Å²) in [6.07, 6.45) is 2.39. The number of anilines is 1. The first-order valence-electron chi connectivity index (χ1n) is 7.35. The summed E-state index contributed by atoms with van der Waals surface area (Å²) in [4.78, 5) is 18.2. The Hall–Kier alpha value is -1.92. The molecule has 1 aromatic heterocycles. The van der Waals surface area contributed by atoms with E-state index in [0.29, 0.717) is 5.69 Å². The van der Waals surface area contributed by atoms with Gasteiger partial charge in [-0.15, -0.1) is 11.3 Å². The molecule has 1 aliphatic rings. The Bertz CT molecular complexity index is 605. The molecule has 1 fully saturated rings. The Morgan fingerprint density at radius 3 is 2.68 bits per heavy atom. The Labute approximate surface area is 133 Å². The first kappa shape index (κ1) is 15.0. The number of hydrogen-bond acceptors (Lipinski definition) is 5. The van der Waals surface area contributed by atoms with E-state index in [-0.39, 0.29) is 12.0 Å². The maximum atomic E-state index is 11.9. The Kier molecular flexibility index (Phi) is 4.70. The van der Waals surface area contributed by atoms with Crippen molar-refractivity contribution in [2.75, 3.05) is 25.5 Å². The molecule has 1 aliphatic heterocycles. The molecule has 1 amide bonds. The smallest absolute Gasteiger partial charge is 0.275 e. The van der Waals surface area contributed by atoms with Gasteiger partial charge in [0.15, 0.2) is 0 Å². The van der Waals surface area contributed by atoms with E-state index in [9.17, 15) is 4.79 Å². The van der Waals surface area contributed by atoms with Crippen molar-refractivity contribution in [1.82, 2.24) is 9.88 Å². The summed E-state index contributed by atoms with van der Waals surface area (Å²) in [5, 5.41) is 4.55. The number of carbonyl (C=O) groups is 1. The van der Waals surface area contributed by atoms with Gasteiger partial charge < -0.3 is 15.0 Å². The van der Waals surface area contributed by atoms with Gasteiger partial charge in [0.2, 0.25) is 0 Å². The second-order valence-corrected chi connectivity index (χ2v) is 6.19. The molecule has 1 saturated heterocycles. The molecule has 1 N–H and O–H groups in total. The van der Waals surface area contributed by atoms with Gasteiger partial charge in [-0.25, -0.2) is 4.98 Å². The van der Waals surface area contributed by atoms with Crippen LogP contribution in [0.3, 0.4) is 0 Å². The number of ether oxygens (including phenoxy) is 1. The number of piperidine rings is 1. The van der Waals surface area contributed by atoms with Gasteiger partial charge in [0.1, 0.15) is 17.5 Å². The largest absolute Gasteiger partial charge is 0.490 e. The molecule has 22 heavy (non-hydrogen) atoms.